The third-order valence-corrected chi connectivity index (χ3v) is 6.36. The molecule has 1 fully saturated rings. The van der Waals surface area contributed by atoms with Crippen LogP contribution >= 0.6 is 23.2 Å². The fourth-order valence-corrected chi connectivity index (χ4v) is 4.17. The van der Waals surface area contributed by atoms with Crippen molar-refractivity contribution in [2.75, 3.05) is 0 Å². The molecule has 1 aliphatic carbocycles. The van der Waals surface area contributed by atoms with Crippen molar-refractivity contribution < 1.29 is 14.6 Å². The monoisotopic (exact) mass is 494 g/mol. The molecule has 2 heterocycles. The molecule has 2 aromatic carbocycles. The second kappa shape index (κ2) is 8.74. The summed E-state index contributed by atoms with van der Waals surface area (Å²) in [6.07, 6.45) is 5.89. The molecule has 0 radical (unpaired) electrons. The molecule has 172 valence electrons. The first-order chi connectivity index (χ1) is 16.3. The Bertz CT molecular complexity index is 1440. The summed E-state index contributed by atoms with van der Waals surface area (Å²) < 4.78 is 8.10. The number of benzene rings is 2. The highest BCUT2D eigenvalue weighted by Gasteiger charge is 2.41. The first-order valence-electron chi connectivity index (χ1n) is 10.7. The van der Waals surface area contributed by atoms with Gasteiger partial charge in [0.1, 0.15) is 17.8 Å². The van der Waals surface area contributed by atoms with Crippen molar-refractivity contribution in [3.63, 3.8) is 0 Å². The summed E-state index contributed by atoms with van der Waals surface area (Å²) in [4.78, 5) is 24.7. The Hall–Kier alpha value is -3.42. The van der Waals surface area contributed by atoms with Gasteiger partial charge in [0.05, 0.1) is 11.6 Å². The fraction of sp³-hybridized carbons (Fsp3) is 0.200. The zero-order chi connectivity index (χ0) is 23.9. The maximum absolute atomic E-state index is 11.0. The molecule has 1 N–H and O–H groups in total. The van der Waals surface area contributed by atoms with Crippen molar-refractivity contribution in [1.82, 2.24) is 19.5 Å². The van der Waals surface area contributed by atoms with Gasteiger partial charge < -0.3 is 14.4 Å². The first-order valence-corrected chi connectivity index (χ1v) is 11.4. The first kappa shape index (κ1) is 22.4. The summed E-state index contributed by atoms with van der Waals surface area (Å²) in [5.74, 6) is -0.0636. The predicted molar refractivity (Wildman–Crippen MR) is 131 cm³/mol. The summed E-state index contributed by atoms with van der Waals surface area (Å²) in [5.41, 5.74) is 3.06. The van der Waals surface area contributed by atoms with Gasteiger partial charge in [-0.05, 0) is 55.2 Å². The van der Waals surface area contributed by atoms with E-state index in [-0.39, 0.29) is 5.60 Å². The number of nitrogens with zero attached hydrogens (tertiary/aromatic N) is 4. The molecule has 0 amide bonds. The summed E-state index contributed by atoms with van der Waals surface area (Å²) in [6.45, 7) is 2.48. The minimum absolute atomic E-state index is 0.239. The largest absolute Gasteiger partial charge is 0.478 e. The third kappa shape index (κ3) is 4.49. The van der Waals surface area contributed by atoms with Crippen LogP contribution in [0.15, 0.2) is 54.9 Å². The lowest BCUT2D eigenvalue weighted by Gasteiger charge is -2.12. The molecule has 34 heavy (non-hydrogen) atoms. The van der Waals surface area contributed by atoms with E-state index in [1.54, 1.807) is 12.1 Å². The van der Waals surface area contributed by atoms with Crippen LogP contribution in [-0.2, 0) is 11.3 Å². The Balaban J connectivity index is 1.69. The van der Waals surface area contributed by atoms with E-state index in [1.807, 2.05) is 41.8 Å². The van der Waals surface area contributed by atoms with Gasteiger partial charge >= 0.3 is 5.97 Å². The molecule has 9 heteroatoms. The van der Waals surface area contributed by atoms with Crippen molar-refractivity contribution in [2.45, 2.75) is 31.9 Å². The van der Waals surface area contributed by atoms with Gasteiger partial charge in [-0.15, -0.1) is 0 Å². The van der Waals surface area contributed by atoms with Crippen LogP contribution in [0.4, 0.5) is 0 Å². The van der Waals surface area contributed by atoms with Gasteiger partial charge in [0.15, 0.2) is 11.2 Å². The maximum Gasteiger partial charge on any atom is 0.328 e. The number of carbonyl (C=O) groups is 1. The molecule has 5 rings (SSSR count). The Labute approximate surface area is 205 Å². The number of hydrogen-bond donors (Lipinski definition) is 1. The Morgan fingerprint density at radius 2 is 2.00 bits per heavy atom. The number of halogens is 2. The number of fused-ring (bicyclic) bond motifs is 1. The highest BCUT2D eigenvalue weighted by atomic mass is 35.5. The Morgan fingerprint density at radius 1 is 1.21 bits per heavy atom. The van der Waals surface area contributed by atoms with Crippen LogP contribution in [0.5, 0.6) is 5.88 Å². The van der Waals surface area contributed by atoms with E-state index in [2.05, 4.69) is 9.97 Å². The highest BCUT2D eigenvalue weighted by molar-refractivity contribution is 6.34. The minimum atomic E-state index is -1.06. The average molecular weight is 495 g/mol. The molecule has 7 nitrogen and oxygen atoms in total. The Morgan fingerprint density at radius 3 is 2.74 bits per heavy atom. The van der Waals surface area contributed by atoms with E-state index < -0.39 is 5.97 Å². The second-order valence-electron chi connectivity index (χ2n) is 8.43. The smallest absolute Gasteiger partial charge is 0.328 e. The average Bonchev–Trinajstić information content (AvgIpc) is 3.41. The summed E-state index contributed by atoms with van der Waals surface area (Å²) in [5, 5.41) is 10.0. The van der Waals surface area contributed by atoms with Crippen LogP contribution in [0.1, 0.15) is 30.9 Å². The van der Waals surface area contributed by atoms with Gasteiger partial charge in [0.2, 0.25) is 5.88 Å². The van der Waals surface area contributed by atoms with Crippen molar-refractivity contribution in [3.8, 4) is 17.3 Å². The zero-order valence-corrected chi connectivity index (χ0v) is 19.7. The minimum Gasteiger partial charge on any atom is -0.478 e. The van der Waals surface area contributed by atoms with Gasteiger partial charge in [-0.2, -0.15) is 4.98 Å². The van der Waals surface area contributed by atoms with Crippen molar-refractivity contribution in [3.05, 3.63) is 76.0 Å². The summed E-state index contributed by atoms with van der Waals surface area (Å²) in [6, 6.07) is 13.0. The molecule has 0 saturated heterocycles. The van der Waals surface area contributed by atoms with Gasteiger partial charge in [-0.1, -0.05) is 47.5 Å². The topological polar surface area (TPSA) is 90.1 Å². The molecule has 2 aromatic heterocycles. The van der Waals surface area contributed by atoms with E-state index in [9.17, 15) is 4.79 Å². The van der Waals surface area contributed by atoms with E-state index in [1.165, 1.54) is 12.4 Å². The molecule has 1 saturated carbocycles. The van der Waals surface area contributed by atoms with Crippen LogP contribution in [0.2, 0.25) is 10.0 Å². The van der Waals surface area contributed by atoms with Crippen LogP contribution in [0.3, 0.4) is 0 Å². The lowest BCUT2D eigenvalue weighted by molar-refractivity contribution is -0.131. The molecule has 0 spiro atoms. The van der Waals surface area contributed by atoms with Crippen LogP contribution in [-0.4, -0.2) is 36.2 Å². The molecular formula is C25H20Cl2N4O3. The van der Waals surface area contributed by atoms with E-state index in [0.717, 1.165) is 24.5 Å². The molecule has 0 aliphatic heterocycles. The van der Waals surface area contributed by atoms with E-state index in [4.69, 9.17) is 38.0 Å². The molecular weight excluding hydrogens is 475 g/mol. The number of ether oxygens (including phenoxy) is 1. The quantitative estimate of drug-likeness (QED) is 0.322. The van der Waals surface area contributed by atoms with Gasteiger partial charge in [0, 0.05) is 16.7 Å². The third-order valence-electron chi connectivity index (χ3n) is 5.70. The Kier molecular flexibility index (Phi) is 5.75. The SMILES string of the molecule is CC1(Oc2ncnc3c2nc(-c2cccc(/C=C/C(=O)O)c2Cl)n3Cc2cccc(Cl)c2)CC1. The number of aliphatic carboxylic acids is 1. The number of aromatic nitrogens is 4. The number of carboxylic acid groups (broad SMARTS) is 1. The highest BCUT2D eigenvalue weighted by Crippen LogP contribution is 2.41. The van der Waals surface area contributed by atoms with Gasteiger partial charge in [-0.3, -0.25) is 0 Å². The lowest BCUT2D eigenvalue weighted by Crippen LogP contribution is -2.13. The van der Waals surface area contributed by atoms with E-state index in [0.29, 0.717) is 50.6 Å². The van der Waals surface area contributed by atoms with Crippen LogP contribution in [0, 0.1) is 0 Å². The van der Waals surface area contributed by atoms with Crippen molar-refractivity contribution in [2.24, 2.45) is 0 Å². The zero-order valence-electron chi connectivity index (χ0n) is 18.2. The number of carboxylic acids is 1. The molecule has 0 bridgehead atoms. The lowest BCUT2D eigenvalue weighted by atomic mass is 10.1. The van der Waals surface area contributed by atoms with Gasteiger partial charge in [-0.25, -0.2) is 14.8 Å². The number of rotatable bonds is 7. The second-order valence-corrected chi connectivity index (χ2v) is 9.25. The number of hydrogen-bond acceptors (Lipinski definition) is 5. The molecule has 0 atom stereocenters. The van der Waals surface area contributed by atoms with E-state index >= 15 is 0 Å². The number of imidazole rings is 1. The maximum atomic E-state index is 11.0. The fourth-order valence-electron chi connectivity index (χ4n) is 3.69. The molecule has 0 unspecified atom stereocenters. The summed E-state index contributed by atoms with van der Waals surface area (Å²) >= 11 is 12.9. The van der Waals surface area contributed by atoms with Crippen molar-refractivity contribution in [1.29, 1.82) is 0 Å². The molecule has 1 aliphatic rings. The standard InChI is InChI=1S/C25H20Cl2N4O3/c1-25(10-11-25)34-24-21-23(28-14-29-24)31(13-15-4-2-6-17(26)12-15)22(30-21)18-7-3-5-16(20(18)27)8-9-19(32)33/h2-9,12,14H,10-11,13H2,1H3,(H,32,33)/b9-8+. The molecule has 4 aromatic rings. The van der Waals surface area contributed by atoms with Crippen LogP contribution in [0.25, 0.3) is 28.6 Å². The normalized spacial score (nSPS) is 14.6. The van der Waals surface area contributed by atoms with Crippen molar-refractivity contribution >= 4 is 46.4 Å². The summed E-state index contributed by atoms with van der Waals surface area (Å²) in [7, 11) is 0. The van der Waals surface area contributed by atoms with Crippen LogP contribution < -0.4 is 4.74 Å². The predicted octanol–water partition coefficient (Wildman–Crippen LogP) is 5.88. The van der Waals surface area contributed by atoms with Gasteiger partial charge in [0.25, 0.3) is 0 Å².